The zero-order valence-corrected chi connectivity index (χ0v) is 24.0. The minimum atomic E-state index is -3.93. The second-order valence-electron chi connectivity index (χ2n) is 10.3. The highest BCUT2D eigenvalue weighted by molar-refractivity contribution is 8.13. The summed E-state index contributed by atoms with van der Waals surface area (Å²) in [6.45, 7) is 6.31. The Morgan fingerprint density at radius 3 is 2.46 bits per heavy atom. The van der Waals surface area contributed by atoms with Gasteiger partial charge in [-0.2, -0.15) is 10.2 Å². The standard InChI is InChI=1S/C22H29Cl2N7O4S2/c1-14(31-13-16(10-26-31)36(24,32)33)7-15-5-6-22(2,3)18(8-15)19-9-20(23)28-21(27-19)29-37(34,35)17-11-25-30(4)12-17/h9-15,18H,5-8H2,1-4H3,(H,27,28,29). The molecule has 3 heterocycles. The second kappa shape index (κ2) is 10.2. The molecule has 15 heteroatoms. The molecule has 11 nitrogen and oxygen atoms in total. The minimum absolute atomic E-state index is 0.00278. The molecule has 1 N–H and O–H groups in total. The summed E-state index contributed by atoms with van der Waals surface area (Å²) in [4.78, 5) is 8.62. The lowest BCUT2D eigenvalue weighted by molar-refractivity contribution is 0.135. The summed E-state index contributed by atoms with van der Waals surface area (Å²) in [5.41, 5.74) is 0.559. The summed E-state index contributed by atoms with van der Waals surface area (Å²) in [5, 5.41) is 8.23. The number of nitrogens with one attached hydrogen (secondary N) is 1. The summed E-state index contributed by atoms with van der Waals surface area (Å²) in [6, 6.07) is 1.64. The Balaban J connectivity index is 1.54. The summed E-state index contributed by atoms with van der Waals surface area (Å²) < 4.78 is 54.2. The summed E-state index contributed by atoms with van der Waals surface area (Å²) >= 11 is 6.31. The van der Waals surface area contributed by atoms with Crippen LogP contribution in [-0.4, -0.2) is 46.4 Å². The predicted molar refractivity (Wildman–Crippen MR) is 140 cm³/mol. The summed E-state index contributed by atoms with van der Waals surface area (Å²) in [6.07, 6.45) is 8.80. The largest absolute Gasteiger partial charge is 0.274 e. The van der Waals surface area contributed by atoms with Crippen LogP contribution in [0, 0.1) is 11.3 Å². The van der Waals surface area contributed by atoms with E-state index in [4.69, 9.17) is 22.3 Å². The second-order valence-corrected chi connectivity index (χ2v) is 14.9. The van der Waals surface area contributed by atoms with E-state index in [0.29, 0.717) is 11.6 Å². The van der Waals surface area contributed by atoms with Gasteiger partial charge in [0.15, 0.2) is 0 Å². The van der Waals surface area contributed by atoms with Gasteiger partial charge in [0.1, 0.15) is 14.9 Å². The van der Waals surface area contributed by atoms with Crippen LogP contribution in [0.3, 0.4) is 0 Å². The maximum absolute atomic E-state index is 12.8. The lowest BCUT2D eigenvalue weighted by Crippen LogP contribution is -2.32. The Labute approximate surface area is 226 Å². The monoisotopic (exact) mass is 589 g/mol. The molecule has 1 aliphatic carbocycles. The van der Waals surface area contributed by atoms with Gasteiger partial charge in [0.25, 0.3) is 19.1 Å². The molecule has 1 aliphatic rings. The number of nitrogens with zero attached hydrogens (tertiary/aromatic N) is 6. The zero-order chi connectivity index (χ0) is 27.2. The van der Waals surface area contributed by atoms with Gasteiger partial charge in [-0.15, -0.1) is 0 Å². The SMILES string of the molecule is CC(CC1CCC(C)(C)C(c2cc(Cl)nc(NS(=O)(=O)c3cnn(C)c3)n2)C1)n1cc(S(=O)(=O)Cl)cn1. The fourth-order valence-electron chi connectivity index (χ4n) is 4.91. The van der Waals surface area contributed by atoms with Crippen molar-refractivity contribution in [2.75, 3.05) is 4.72 Å². The number of aromatic nitrogens is 6. The van der Waals surface area contributed by atoms with Crippen molar-refractivity contribution in [2.24, 2.45) is 18.4 Å². The Hall–Kier alpha value is -2.22. The molecule has 3 aromatic rings. The zero-order valence-electron chi connectivity index (χ0n) is 20.8. The van der Waals surface area contributed by atoms with Crippen LogP contribution in [0.5, 0.6) is 0 Å². The molecular weight excluding hydrogens is 561 g/mol. The van der Waals surface area contributed by atoms with Crippen molar-refractivity contribution in [3.63, 3.8) is 0 Å². The van der Waals surface area contributed by atoms with Gasteiger partial charge in [0.2, 0.25) is 5.95 Å². The number of hydrogen-bond acceptors (Lipinski definition) is 8. The third-order valence-electron chi connectivity index (χ3n) is 6.98. The molecule has 3 atom stereocenters. The molecule has 4 rings (SSSR count). The first-order chi connectivity index (χ1) is 17.1. The van der Waals surface area contributed by atoms with Crippen LogP contribution in [0.1, 0.15) is 64.1 Å². The molecule has 0 saturated heterocycles. The van der Waals surface area contributed by atoms with Crippen LogP contribution in [-0.2, 0) is 26.1 Å². The summed E-state index contributed by atoms with van der Waals surface area (Å²) in [5.74, 6) is 0.207. The number of anilines is 1. The van der Waals surface area contributed by atoms with E-state index in [9.17, 15) is 16.8 Å². The third kappa shape index (κ3) is 6.44. The van der Waals surface area contributed by atoms with E-state index in [-0.39, 0.29) is 38.3 Å². The first-order valence-corrected chi connectivity index (χ1v) is 15.9. The molecular formula is C22H29Cl2N7O4S2. The van der Waals surface area contributed by atoms with Gasteiger partial charge in [-0.1, -0.05) is 25.4 Å². The number of rotatable bonds is 8. The van der Waals surface area contributed by atoms with Gasteiger partial charge < -0.3 is 0 Å². The number of halogens is 2. The van der Waals surface area contributed by atoms with E-state index in [0.717, 1.165) is 25.7 Å². The highest BCUT2D eigenvalue weighted by Gasteiger charge is 2.39. The van der Waals surface area contributed by atoms with Crippen molar-refractivity contribution in [1.82, 2.24) is 29.5 Å². The molecule has 1 saturated carbocycles. The Kier molecular flexibility index (Phi) is 7.63. The highest BCUT2D eigenvalue weighted by Crippen LogP contribution is 2.50. The molecule has 3 unspecified atom stereocenters. The Morgan fingerprint density at radius 2 is 1.84 bits per heavy atom. The smallest absolute Gasteiger partial charge is 0.267 e. The molecule has 0 amide bonds. The van der Waals surface area contributed by atoms with Gasteiger partial charge in [-0.05, 0) is 50.0 Å². The van der Waals surface area contributed by atoms with Crippen molar-refractivity contribution >= 4 is 47.3 Å². The maximum atomic E-state index is 12.8. The van der Waals surface area contributed by atoms with Gasteiger partial charge in [0, 0.05) is 42.1 Å². The lowest BCUT2D eigenvalue weighted by Gasteiger charge is -2.42. The third-order valence-corrected chi connectivity index (χ3v) is 9.77. The van der Waals surface area contributed by atoms with Crippen LogP contribution < -0.4 is 4.72 Å². The van der Waals surface area contributed by atoms with E-state index in [1.54, 1.807) is 17.8 Å². The van der Waals surface area contributed by atoms with Crippen molar-refractivity contribution < 1.29 is 16.8 Å². The molecule has 0 radical (unpaired) electrons. The number of sulfonamides is 1. The highest BCUT2D eigenvalue weighted by atomic mass is 35.7. The normalized spacial score (nSPS) is 21.0. The van der Waals surface area contributed by atoms with E-state index >= 15 is 0 Å². The van der Waals surface area contributed by atoms with Crippen molar-refractivity contribution in [3.05, 3.63) is 41.7 Å². The van der Waals surface area contributed by atoms with Crippen LogP contribution in [0.15, 0.2) is 40.6 Å². The van der Waals surface area contributed by atoms with E-state index < -0.39 is 19.1 Å². The average Bonchev–Trinajstić information content (AvgIpc) is 3.44. The summed E-state index contributed by atoms with van der Waals surface area (Å²) in [7, 11) is -0.705. The van der Waals surface area contributed by atoms with E-state index in [2.05, 4.69) is 38.7 Å². The fourth-order valence-corrected chi connectivity index (χ4v) is 6.67. The van der Waals surface area contributed by atoms with Crippen LogP contribution in [0.25, 0.3) is 0 Å². The average molecular weight is 591 g/mol. The Bertz CT molecular complexity index is 1500. The molecule has 0 aromatic carbocycles. The molecule has 1 fully saturated rings. The first kappa shape index (κ1) is 27.8. The molecule has 0 spiro atoms. The number of hydrogen-bond donors (Lipinski definition) is 1. The molecule has 202 valence electrons. The van der Waals surface area contributed by atoms with Gasteiger partial charge in [0.05, 0.1) is 18.1 Å². The van der Waals surface area contributed by atoms with E-state index in [1.807, 2.05) is 6.92 Å². The van der Waals surface area contributed by atoms with Crippen molar-refractivity contribution in [1.29, 1.82) is 0 Å². The fraction of sp³-hybridized carbons (Fsp3) is 0.545. The minimum Gasteiger partial charge on any atom is -0.274 e. The lowest BCUT2D eigenvalue weighted by atomic mass is 9.63. The van der Waals surface area contributed by atoms with Gasteiger partial charge in [-0.3, -0.25) is 9.36 Å². The van der Waals surface area contributed by atoms with Gasteiger partial charge >= 0.3 is 0 Å². The van der Waals surface area contributed by atoms with Crippen molar-refractivity contribution in [3.8, 4) is 0 Å². The number of aryl methyl sites for hydroxylation is 1. The molecule has 37 heavy (non-hydrogen) atoms. The van der Waals surface area contributed by atoms with Crippen LogP contribution >= 0.6 is 22.3 Å². The quantitative estimate of drug-likeness (QED) is 0.302. The van der Waals surface area contributed by atoms with Crippen LogP contribution in [0.2, 0.25) is 5.15 Å². The van der Waals surface area contributed by atoms with E-state index in [1.165, 1.54) is 29.5 Å². The van der Waals surface area contributed by atoms with Gasteiger partial charge in [-0.25, -0.2) is 31.5 Å². The Morgan fingerprint density at radius 1 is 1.14 bits per heavy atom. The maximum Gasteiger partial charge on any atom is 0.267 e. The molecule has 0 bridgehead atoms. The topological polar surface area (TPSA) is 142 Å². The predicted octanol–water partition coefficient (Wildman–Crippen LogP) is 4.35. The molecule has 3 aromatic heterocycles. The van der Waals surface area contributed by atoms with Crippen LogP contribution in [0.4, 0.5) is 5.95 Å². The first-order valence-electron chi connectivity index (χ1n) is 11.7. The molecule has 0 aliphatic heterocycles. The van der Waals surface area contributed by atoms with Crippen molar-refractivity contribution in [2.45, 2.75) is 68.2 Å².